The molecule has 0 aliphatic carbocycles. The largest absolute Gasteiger partial charge is 0.332 e. The minimum atomic E-state index is -0.255. The van der Waals surface area contributed by atoms with Crippen molar-refractivity contribution >= 4 is 34.3 Å². The van der Waals surface area contributed by atoms with Crippen LogP contribution in [0.15, 0.2) is 83.3 Å². The fraction of sp³-hybridized carbons (Fsp3) is 0.0800. The lowest BCUT2D eigenvalue weighted by Crippen LogP contribution is -2.17. The fourth-order valence-electron chi connectivity index (χ4n) is 2.90. The summed E-state index contributed by atoms with van der Waals surface area (Å²) < 4.78 is 0. The predicted octanol–water partition coefficient (Wildman–Crippen LogP) is 5.93. The van der Waals surface area contributed by atoms with Crippen LogP contribution in [-0.2, 0) is 0 Å². The molecule has 0 fully saturated rings. The van der Waals surface area contributed by atoms with Crippen molar-refractivity contribution in [3.05, 3.63) is 100 Å². The molecule has 0 saturated heterocycles. The highest BCUT2D eigenvalue weighted by atomic mass is 32.1. The van der Waals surface area contributed by atoms with Crippen LogP contribution in [0.5, 0.6) is 0 Å². The quantitative estimate of drug-likeness (QED) is 0.296. The Labute approximate surface area is 185 Å². The number of carbonyl (C=O) groups excluding carboxylic acids is 1. The smallest absolute Gasteiger partial charge is 0.271 e. The van der Waals surface area contributed by atoms with Crippen molar-refractivity contribution < 1.29 is 4.79 Å². The first kappa shape index (κ1) is 20.5. The number of anilines is 2. The maximum absolute atomic E-state index is 12.3. The SMILES string of the molecule is Cc1ccc(/C=N\NC(=O)c2ccc(-c3csc(Nc4ccc(C)cc4)n3)cc2)cc1. The van der Waals surface area contributed by atoms with Gasteiger partial charge in [-0.25, -0.2) is 10.4 Å². The molecule has 0 bridgehead atoms. The van der Waals surface area contributed by atoms with Crippen molar-refractivity contribution in [1.29, 1.82) is 0 Å². The Balaban J connectivity index is 1.37. The van der Waals surface area contributed by atoms with E-state index >= 15 is 0 Å². The lowest BCUT2D eigenvalue weighted by Gasteiger charge is -2.03. The van der Waals surface area contributed by atoms with Gasteiger partial charge in [0.05, 0.1) is 11.9 Å². The lowest BCUT2D eigenvalue weighted by atomic mass is 10.1. The average molecular weight is 427 g/mol. The van der Waals surface area contributed by atoms with Gasteiger partial charge >= 0.3 is 0 Å². The summed E-state index contributed by atoms with van der Waals surface area (Å²) in [5.74, 6) is -0.255. The van der Waals surface area contributed by atoms with Crippen LogP contribution in [0.2, 0.25) is 0 Å². The number of benzene rings is 3. The predicted molar refractivity (Wildman–Crippen MR) is 128 cm³/mol. The summed E-state index contributed by atoms with van der Waals surface area (Å²) in [6.07, 6.45) is 1.63. The van der Waals surface area contributed by atoms with E-state index in [2.05, 4.69) is 39.9 Å². The zero-order valence-electron chi connectivity index (χ0n) is 17.3. The molecule has 0 saturated carbocycles. The summed E-state index contributed by atoms with van der Waals surface area (Å²) in [7, 11) is 0. The van der Waals surface area contributed by atoms with Gasteiger partial charge in [0.25, 0.3) is 5.91 Å². The van der Waals surface area contributed by atoms with Gasteiger partial charge in [-0.15, -0.1) is 11.3 Å². The van der Waals surface area contributed by atoms with Gasteiger partial charge in [0.15, 0.2) is 5.13 Å². The first-order valence-corrected chi connectivity index (χ1v) is 10.7. The Morgan fingerprint density at radius 2 is 1.55 bits per heavy atom. The maximum atomic E-state index is 12.3. The topological polar surface area (TPSA) is 66.4 Å². The molecule has 2 N–H and O–H groups in total. The van der Waals surface area contributed by atoms with Crippen molar-refractivity contribution in [2.45, 2.75) is 13.8 Å². The number of rotatable bonds is 6. The third-order valence-electron chi connectivity index (χ3n) is 4.71. The number of nitrogens with zero attached hydrogens (tertiary/aromatic N) is 2. The van der Waals surface area contributed by atoms with E-state index in [0.717, 1.165) is 27.6 Å². The molecular weight excluding hydrogens is 404 g/mol. The molecule has 4 aromatic rings. The van der Waals surface area contributed by atoms with Crippen molar-refractivity contribution in [3.63, 3.8) is 0 Å². The van der Waals surface area contributed by atoms with E-state index in [1.165, 1.54) is 11.1 Å². The number of hydrogen-bond donors (Lipinski definition) is 2. The van der Waals surface area contributed by atoms with Crippen molar-refractivity contribution in [2.24, 2.45) is 5.10 Å². The van der Waals surface area contributed by atoms with Gasteiger partial charge in [0.2, 0.25) is 0 Å². The third-order valence-corrected chi connectivity index (χ3v) is 5.46. The summed E-state index contributed by atoms with van der Waals surface area (Å²) in [5.41, 5.74) is 9.25. The van der Waals surface area contributed by atoms with Gasteiger partial charge in [-0.3, -0.25) is 4.79 Å². The number of aryl methyl sites for hydroxylation is 2. The number of nitrogens with one attached hydrogen (secondary N) is 2. The zero-order chi connectivity index (χ0) is 21.6. The molecule has 0 unspecified atom stereocenters. The molecule has 0 aliphatic rings. The number of aromatic nitrogens is 1. The third kappa shape index (κ3) is 5.43. The summed E-state index contributed by atoms with van der Waals surface area (Å²) in [6, 6.07) is 23.4. The average Bonchev–Trinajstić information content (AvgIpc) is 3.25. The number of carbonyl (C=O) groups is 1. The Kier molecular flexibility index (Phi) is 6.19. The van der Waals surface area contributed by atoms with Crippen molar-refractivity contribution in [1.82, 2.24) is 10.4 Å². The minimum Gasteiger partial charge on any atom is -0.332 e. The highest BCUT2D eigenvalue weighted by molar-refractivity contribution is 7.14. The highest BCUT2D eigenvalue weighted by Gasteiger charge is 2.08. The molecule has 3 aromatic carbocycles. The van der Waals surface area contributed by atoms with Gasteiger partial charge in [-0.2, -0.15) is 5.10 Å². The first-order valence-electron chi connectivity index (χ1n) is 9.86. The van der Waals surface area contributed by atoms with E-state index in [1.54, 1.807) is 29.7 Å². The van der Waals surface area contributed by atoms with Crippen LogP contribution in [0.1, 0.15) is 27.0 Å². The standard InChI is InChI=1S/C25H22N4OS/c1-17-3-7-19(8-4-17)15-26-29-24(30)21-11-9-20(10-12-21)23-16-31-25(28-23)27-22-13-5-18(2)6-14-22/h3-16H,1-2H3,(H,27,28)(H,29,30)/b26-15-. The second kappa shape index (κ2) is 9.36. The maximum Gasteiger partial charge on any atom is 0.271 e. The molecule has 1 heterocycles. The van der Waals surface area contributed by atoms with Gasteiger partial charge in [-0.1, -0.05) is 59.7 Å². The van der Waals surface area contributed by atoms with E-state index in [9.17, 15) is 4.79 Å². The zero-order valence-corrected chi connectivity index (χ0v) is 18.1. The summed E-state index contributed by atoms with van der Waals surface area (Å²) in [4.78, 5) is 17.0. The van der Waals surface area contributed by atoms with Crippen LogP contribution < -0.4 is 10.7 Å². The van der Waals surface area contributed by atoms with E-state index in [1.807, 2.05) is 60.8 Å². The molecule has 1 amide bonds. The normalized spacial score (nSPS) is 10.9. The lowest BCUT2D eigenvalue weighted by molar-refractivity contribution is 0.0955. The Morgan fingerprint density at radius 3 is 2.23 bits per heavy atom. The van der Waals surface area contributed by atoms with E-state index < -0.39 is 0 Å². The molecule has 31 heavy (non-hydrogen) atoms. The Bertz CT molecular complexity index is 1190. The monoisotopic (exact) mass is 426 g/mol. The van der Waals surface area contributed by atoms with Crippen LogP contribution in [0, 0.1) is 13.8 Å². The minimum absolute atomic E-state index is 0.255. The molecule has 6 heteroatoms. The molecular formula is C25H22N4OS. The second-order valence-electron chi connectivity index (χ2n) is 7.22. The van der Waals surface area contributed by atoms with Crippen LogP contribution >= 0.6 is 11.3 Å². The van der Waals surface area contributed by atoms with Crippen LogP contribution in [0.3, 0.4) is 0 Å². The summed E-state index contributed by atoms with van der Waals surface area (Å²) in [5, 5.41) is 10.2. The number of hydrazone groups is 1. The van der Waals surface area contributed by atoms with Crippen molar-refractivity contribution in [3.8, 4) is 11.3 Å². The van der Waals surface area contributed by atoms with Gasteiger partial charge in [0.1, 0.15) is 0 Å². The molecule has 0 aliphatic heterocycles. The van der Waals surface area contributed by atoms with Crippen LogP contribution in [0.25, 0.3) is 11.3 Å². The second-order valence-corrected chi connectivity index (χ2v) is 8.07. The van der Waals surface area contributed by atoms with Gasteiger partial charge in [-0.05, 0) is 43.7 Å². The van der Waals surface area contributed by atoms with Crippen LogP contribution in [0.4, 0.5) is 10.8 Å². The number of thiazole rings is 1. The molecule has 0 atom stereocenters. The summed E-state index contributed by atoms with van der Waals surface area (Å²) in [6.45, 7) is 4.09. The number of hydrogen-bond acceptors (Lipinski definition) is 5. The first-order chi connectivity index (χ1) is 15.1. The number of amides is 1. The van der Waals surface area contributed by atoms with Gasteiger partial charge in [0, 0.05) is 22.2 Å². The molecule has 0 spiro atoms. The van der Waals surface area contributed by atoms with Crippen molar-refractivity contribution in [2.75, 3.05) is 5.32 Å². The molecule has 1 aromatic heterocycles. The molecule has 4 rings (SSSR count). The van der Waals surface area contributed by atoms with Gasteiger partial charge < -0.3 is 5.32 Å². The van der Waals surface area contributed by atoms with E-state index in [0.29, 0.717) is 5.56 Å². The Morgan fingerprint density at radius 1 is 0.903 bits per heavy atom. The van der Waals surface area contributed by atoms with E-state index in [4.69, 9.17) is 0 Å². The Hall–Kier alpha value is -3.77. The molecule has 5 nitrogen and oxygen atoms in total. The van der Waals surface area contributed by atoms with Crippen LogP contribution in [-0.4, -0.2) is 17.1 Å². The summed E-state index contributed by atoms with van der Waals surface area (Å²) >= 11 is 1.54. The molecule has 154 valence electrons. The fourth-order valence-corrected chi connectivity index (χ4v) is 3.64. The van der Waals surface area contributed by atoms with E-state index in [-0.39, 0.29) is 5.91 Å². The molecule has 0 radical (unpaired) electrons. The highest BCUT2D eigenvalue weighted by Crippen LogP contribution is 2.27.